The van der Waals surface area contributed by atoms with Crippen LogP contribution in [-0.4, -0.2) is 5.91 Å². The van der Waals surface area contributed by atoms with Crippen LogP contribution in [0.5, 0.6) is 0 Å². The summed E-state index contributed by atoms with van der Waals surface area (Å²) in [7, 11) is 0. The van der Waals surface area contributed by atoms with Crippen molar-refractivity contribution in [2.45, 2.75) is 96.8 Å². The summed E-state index contributed by atoms with van der Waals surface area (Å²) in [5.41, 5.74) is 2.19. The molecule has 0 aromatic rings. The predicted molar refractivity (Wildman–Crippen MR) is 96.6 cm³/mol. The van der Waals surface area contributed by atoms with Gasteiger partial charge in [0, 0.05) is 6.42 Å². The van der Waals surface area contributed by atoms with Crippen molar-refractivity contribution in [2.75, 3.05) is 0 Å². The van der Waals surface area contributed by atoms with Crippen molar-refractivity contribution in [3.63, 3.8) is 0 Å². The zero-order valence-electron chi connectivity index (χ0n) is 15.2. The molecule has 3 heteroatoms. The molecule has 0 aromatic heterocycles. The highest BCUT2D eigenvalue weighted by Crippen LogP contribution is 2.54. The zero-order chi connectivity index (χ0) is 16.5. The van der Waals surface area contributed by atoms with Crippen LogP contribution in [0.25, 0.3) is 0 Å². The third kappa shape index (κ3) is 7.69. The van der Waals surface area contributed by atoms with Crippen molar-refractivity contribution >= 4 is 5.91 Å². The summed E-state index contributed by atoms with van der Waals surface area (Å²) in [6, 6.07) is 0. The minimum Gasteiger partial charge on any atom is -0.294 e. The topological polar surface area (TPSA) is 55.1 Å². The summed E-state index contributed by atoms with van der Waals surface area (Å²) in [5, 5.41) is 0. The second kappa shape index (κ2) is 10.3. The molecule has 2 fully saturated rings. The Kier molecular flexibility index (Phi) is 8.43. The molecule has 0 radical (unpaired) electrons. The molecule has 1 amide bonds. The van der Waals surface area contributed by atoms with Gasteiger partial charge in [-0.1, -0.05) is 64.7 Å². The van der Waals surface area contributed by atoms with E-state index in [0.29, 0.717) is 6.42 Å². The summed E-state index contributed by atoms with van der Waals surface area (Å²) in [5.74, 6) is 9.40. The number of hydrogen-bond donors (Lipinski definition) is 2. The SMILES string of the molecule is CCCCCC1CC1CC1CC1CCCCCCCC(=O)NN. The largest absolute Gasteiger partial charge is 0.294 e. The first-order valence-corrected chi connectivity index (χ1v) is 10.2. The highest BCUT2D eigenvalue weighted by atomic mass is 16.2. The second-order valence-electron chi connectivity index (χ2n) is 8.12. The van der Waals surface area contributed by atoms with Gasteiger partial charge in [-0.05, 0) is 49.4 Å². The molecule has 2 saturated carbocycles. The van der Waals surface area contributed by atoms with E-state index in [4.69, 9.17) is 5.84 Å². The number of carbonyl (C=O) groups excluding carboxylic acids is 1. The summed E-state index contributed by atoms with van der Waals surface area (Å²) in [4.78, 5) is 11.0. The first-order chi connectivity index (χ1) is 11.2. The average molecular weight is 323 g/mol. The van der Waals surface area contributed by atoms with Crippen molar-refractivity contribution in [3.05, 3.63) is 0 Å². The molecular weight excluding hydrogens is 284 g/mol. The van der Waals surface area contributed by atoms with Crippen molar-refractivity contribution in [1.82, 2.24) is 5.43 Å². The van der Waals surface area contributed by atoms with Gasteiger partial charge in [-0.2, -0.15) is 0 Å². The van der Waals surface area contributed by atoms with Crippen LogP contribution in [0.2, 0.25) is 0 Å². The Balaban J connectivity index is 1.35. The molecule has 2 aliphatic carbocycles. The number of nitrogens with two attached hydrogens (primary N) is 1. The number of rotatable bonds is 14. The van der Waals surface area contributed by atoms with E-state index < -0.39 is 0 Å². The predicted octanol–water partition coefficient (Wildman–Crippen LogP) is 4.95. The van der Waals surface area contributed by atoms with Gasteiger partial charge in [0.15, 0.2) is 0 Å². The standard InChI is InChI=1S/C20H38N2O/c1-2-3-7-10-16-13-18(16)15-19-14-17(19)11-8-5-4-6-9-12-20(23)22-21/h16-19H,2-15,21H2,1H3,(H,22,23). The highest BCUT2D eigenvalue weighted by molar-refractivity contribution is 5.74. The summed E-state index contributed by atoms with van der Waals surface area (Å²) >= 11 is 0. The number of amides is 1. The van der Waals surface area contributed by atoms with Crippen molar-refractivity contribution < 1.29 is 4.79 Å². The number of carbonyl (C=O) groups is 1. The Labute approximate surface area is 143 Å². The van der Waals surface area contributed by atoms with Crippen molar-refractivity contribution in [1.29, 1.82) is 0 Å². The molecule has 0 aliphatic heterocycles. The van der Waals surface area contributed by atoms with E-state index in [9.17, 15) is 4.79 Å². The van der Waals surface area contributed by atoms with Gasteiger partial charge in [0.1, 0.15) is 0 Å². The van der Waals surface area contributed by atoms with Crippen LogP contribution in [0.1, 0.15) is 96.8 Å². The lowest BCUT2D eigenvalue weighted by Gasteiger charge is -2.03. The maximum absolute atomic E-state index is 11.0. The molecule has 0 heterocycles. The Morgan fingerprint density at radius 2 is 1.43 bits per heavy atom. The van der Waals surface area contributed by atoms with E-state index in [1.54, 1.807) is 12.8 Å². The summed E-state index contributed by atoms with van der Waals surface area (Å²) in [6.07, 6.45) is 18.6. The highest BCUT2D eigenvalue weighted by Gasteiger charge is 2.44. The third-order valence-electron chi connectivity index (χ3n) is 6.06. The normalized spacial score (nSPS) is 28.6. The van der Waals surface area contributed by atoms with Crippen LogP contribution in [0, 0.1) is 23.7 Å². The van der Waals surface area contributed by atoms with E-state index in [1.165, 1.54) is 64.2 Å². The Bertz CT molecular complexity index is 345. The Morgan fingerprint density at radius 1 is 0.870 bits per heavy atom. The molecular formula is C20H38N2O. The van der Waals surface area contributed by atoms with Crippen LogP contribution < -0.4 is 11.3 Å². The monoisotopic (exact) mass is 322 g/mol. The van der Waals surface area contributed by atoms with Gasteiger partial charge in [0.25, 0.3) is 0 Å². The molecule has 3 N–H and O–H groups in total. The number of unbranched alkanes of at least 4 members (excludes halogenated alkanes) is 6. The lowest BCUT2D eigenvalue weighted by molar-refractivity contribution is -0.121. The lowest BCUT2D eigenvalue weighted by atomic mass is 10.0. The smallest absolute Gasteiger partial charge is 0.233 e. The molecule has 4 unspecified atom stereocenters. The minimum atomic E-state index is -0.0288. The van der Waals surface area contributed by atoms with E-state index in [-0.39, 0.29) is 5.91 Å². The first kappa shape index (κ1) is 18.8. The summed E-state index contributed by atoms with van der Waals surface area (Å²) in [6.45, 7) is 2.30. The van der Waals surface area contributed by atoms with Crippen LogP contribution in [-0.2, 0) is 4.79 Å². The van der Waals surface area contributed by atoms with E-state index >= 15 is 0 Å². The molecule has 23 heavy (non-hydrogen) atoms. The maximum Gasteiger partial charge on any atom is 0.233 e. The van der Waals surface area contributed by atoms with E-state index in [0.717, 1.165) is 30.1 Å². The molecule has 3 nitrogen and oxygen atoms in total. The van der Waals surface area contributed by atoms with Gasteiger partial charge in [-0.25, -0.2) is 5.84 Å². The molecule has 4 atom stereocenters. The zero-order valence-corrected chi connectivity index (χ0v) is 15.2. The van der Waals surface area contributed by atoms with Crippen molar-refractivity contribution in [3.8, 4) is 0 Å². The molecule has 2 aliphatic rings. The van der Waals surface area contributed by atoms with Crippen molar-refractivity contribution in [2.24, 2.45) is 29.5 Å². The van der Waals surface area contributed by atoms with Gasteiger partial charge in [-0.3, -0.25) is 10.2 Å². The van der Waals surface area contributed by atoms with Gasteiger partial charge >= 0.3 is 0 Å². The Hall–Kier alpha value is -0.570. The Morgan fingerprint density at radius 3 is 2.04 bits per heavy atom. The summed E-state index contributed by atoms with van der Waals surface area (Å²) < 4.78 is 0. The molecule has 2 rings (SSSR count). The molecule has 0 spiro atoms. The van der Waals surface area contributed by atoms with Crippen LogP contribution >= 0.6 is 0 Å². The van der Waals surface area contributed by atoms with E-state index in [1.807, 2.05) is 0 Å². The molecule has 0 aromatic carbocycles. The van der Waals surface area contributed by atoms with Crippen LogP contribution in [0.4, 0.5) is 0 Å². The van der Waals surface area contributed by atoms with Gasteiger partial charge < -0.3 is 0 Å². The quantitative estimate of drug-likeness (QED) is 0.206. The minimum absolute atomic E-state index is 0.0288. The van der Waals surface area contributed by atoms with Crippen LogP contribution in [0.15, 0.2) is 0 Å². The fraction of sp³-hybridized carbons (Fsp3) is 0.950. The van der Waals surface area contributed by atoms with Crippen LogP contribution in [0.3, 0.4) is 0 Å². The average Bonchev–Trinajstić information content (AvgIpc) is 3.46. The van der Waals surface area contributed by atoms with E-state index in [2.05, 4.69) is 12.3 Å². The lowest BCUT2D eigenvalue weighted by Crippen LogP contribution is -2.29. The third-order valence-corrected chi connectivity index (χ3v) is 6.06. The number of nitrogens with one attached hydrogen (secondary N) is 1. The number of hydrogen-bond acceptors (Lipinski definition) is 2. The molecule has 0 bridgehead atoms. The van der Waals surface area contributed by atoms with Gasteiger partial charge in [0.05, 0.1) is 0 Å². The van der Waals surface area contributed by atoms with Gasteiger partial charge in [-0.15, -0.1) is 0 Å². The fourth-order valence-corrected chi connectivity index (χ4v) is 4.25. The molecule has 0 saturated heterocycles. The number of hydrazine groups is 1. The fourth-order valence-electron chi connectivity index (χ4n) is 4.25. The maximum atomic E-state index is 11.0. The molecule has 134 valence electrons. The van der Waals surface area contributed by atoms with Gasteiger partial charge in [0.2, 0.25) is 5.91 Å². The second-order valence-corrected chi connectivity index (χ2v) is 8.12. The first-order valence-electron chi connectivity index (χ1n) is 10.2.